The molecule has 0 amide bonds. The number of aromatic nitrogens is 2. The zero-order valence-electron chi connectivity index (χ0n) is 5.96. The smallest absolute Gasteiger partial charge is 0.203 e. The molecule has 0 unspecified atom stereocenters. The van der Waals surface area contributed by atoms with Crippen LogP contribution >= 0.6 is 11.9 Å². The first kappa shape index (κ1) is 7.50. The summed E-state index contributed by atoms with van der Waals surface area (Å²) < 4.78 is 0. The van der Waals surface area contributed by atoms with Crippen molar-refractivity contribution in [1.29, 1.82) is 0 Å². The Labute approximate surface area is 64.2 Å². The fraction of sp³-hybridized carbons (Fsp3) is 0.333. The van der Waals surface area contributed by atoms with E-state index in [1.54, 1.807) is 0 Å². The summed E-state index contributed by atoms with van der Waals surface area (Å²) in [5, 5.41) is 5.92. The summed E-state index contributed by atoms with van der Waals surface area (Å²) in [7, 11) is 0. The molecule has 0 spiro atoms. The molecule has 1 aromatic heterocycles. The van der Waals surface area contributed by atoms with Crippen LogP contribution in [0.3, 0.4) is 0 Å². The Morgan fingerprint density at radius 1 is 1.30 bits per heavy atom. The highest BCUT2D eigenvalue weighted by Crippen LogP contribution is 2.06. The molecule has 0 saturated carbocycles. The zero-order chi connectivity index (χ0) is 7.56. The predicted molar refractivity (Wildman–Crippen MR) is 41.6 cm³/mol. The third kappa shape index (κ3) is 1.68. The minimum Gasteiger partial charge on any atom is -0.271 e. The molecule has 0 aromatic carbocycles. The highest BCUT2D eigenvalue weighted by atomic mass is 32.2. The van der Waals surface area contributed by atoms with Crippen molar-refractivity contribution in [3.05, 3.63) is 17.5 Å². The number of rotatable bonds is 1. The van der Waals surface area contributed by atoms with Crippen LogP contribution in [0.1, 0.15) is 11.4 Å². The van der Waals surface area contributed by atoms with Crippen LogP contribution in [0, 0.1) is 13.8 Å². The molecule has 0 radical (unpaired) electrons. The Hall–Kier alpha value is -0.610. The minimum atomic E-state index is 0.637. The Bertz CT molecular complexity index is 216. The molecule has 1 heterocycles. The fourth-order valence-corrected chi connectivity index (χ4v) is 1.14. The van der Waals surface area contributed by atoms with Crippen LogP contribution in [0.5, 0.6) is 0 Å². The van der Waals surface area contributed by atoms with Gasteiger partial charge < -0.3 is 0 Å². The average molecular weight is 155 g/mol. The van der Waals surface area contributed by atoms with Gasteiger partial charge in [-0.25, -0.2) is 9.97 Å². The van der Waals surface area contributed by atoms with Crippen molar-refractivity contribution in [1.82, 2.24) is 9.97 Å². The van der Waals surface area contributed by atoms with Crippen molar-refractivity contribution in [3.8, 4) is 0 Å². The second-order valence-corrected chi connectivity index (χ2v) is 2.65. The summed E-state index contributed by atoms with van der Waals surface area (Å²) in [6.45, 7) is 3.85. The molecule has 10 heavy (non-hydrogen) atoms. The van der Waals surface area contributed by atoms with E-state index in [2.05, 4.69) is 9.97 Å². The SMILES string of the molecule is Cc1cc(C)nc(SN)n1. The third-order valence-corrected chi connectivity index (χ3v) is 1.46. The highest BCUT2D eigenvalue weighted by Gasteiger charge is 1.95. The number of hydrogen-bond acceptors (Lipinski definition) is 4. The van der Waals surface area contributed by atoms with Gasteiger partial charge in [0.05, 0.1) is 0 Å². The Balaban J connectivity index is 3.06. The van der Waals surface area contributed by atoms with Crippen molar-refractivity contribution in [2.45, 2.75) is 19.0 Å². The van der Waals surface area contributed by atoms with Gasteiger partial charge in [0, 0.05) is 11.4 Å². The van der Waals surface area contributed by atoms with Crippen LogP contribution in [0.25, 0.3) is 0 Å². The van der Waals surface area contributed by atoms with Gasteiger partial charge in [0.15, 0.2) is 0 Å². The first-order valence-electron chi connectivity index (χ1n) is 2.91. The van der Waals surface area contributed by atoms with Crippen LogP contribution in [-0.4, -0.2) is 9.97 Å². The summed E-state index contributed by atoms with van der Waals surface area (Å²) in [6.07, 6.45) is 0. The van der Waals surface area contributed by atoms with Gasteiger partial charge in [-0.3, -0.25) is 5.14 Å². The first-order chi connectivity index (χ1) is 4.72. The van der Waals surface area contributed by atoms with Gasteiger partial charge in [0.1, 0.15) is 0 Å². The van der Waals surface area contributed by atoms with Crippen LogP contribution in [-0.2, 0) is 0 Å². The van der Waals surface area contributed by atoms with Crippen LogP contribution < -0.4 is 5.14 Å². The van der Waals surface area contributed by atoms with Crippen molar-refractivity contribution < 1.29 is 0 Å². The van der Waals surface area contributed by atoms with Gasteiger partial charge in [-0.2, -0.15) is 0 Å². The van der Waals surface area contributed by atoms with Crippen molar-refractivity contribution >= 4 is 11.9 Å². The largest absolute Gasteiger partial charge is 0.271 e. The molecule has 1 rings (SSSR count). The summed E-state index contributed by atoms with van der Waals surface area (Å²) in [5.41, 5.74) is 1.92. The van der Waals surface area contributed by atoms with Gasteiger partial charge in [-0.15, -0.1) is 0 Å². The summed E-state index contributed by atoms with van der Waals surface area (Å²) in [6, 6.07) is 1.92. The molecule has 0 saturated heterocycles. The topological polar surface area (TPSA) is 51.8 Å². The molecule has 1 aromatic rings. The van der Waals surface area contributed by atoms with E-state index in [0.717, 1.165) is 23.3 Å². The van der Waals surface area contributed by atoms with E-state index in [4.69, 9.17) is 5.14 Å². The lowest BCUT2D eigenvalue weighted by molar-refractivity contribution is 0.903. The number of nitrogens with zero attached hydrogens (tertiary/aromatic N) is 2. The van der Waals surface area contributed by atoms with Crippen LogP contribution in [0.2, 0.25) is 0 Å². The van der Waals surface area contributed by atoms with E-state index < -0.39 is 0 Å². The molecule has 3 nitrogen and oxygen atoms in total. The molecule has 54 valence electrons. The zero-order valence-corrected chi connectivity index (χ0v) is 6.77. The van der Waals surface area contributed by atoms with Gasteiger partial charge in [0.25, 0.3) is 0 Å². The van der Waals surface area contributed by atoms with Gasteiger partial charge in [-0.1, -0.05) is 0 Å². The molecule has 0 bridgehead atoms. The molecule has 4 heteroatoms. The van der Waals surface area contributed by atoms with Gasteiger partial charge in [-0.05, 0) is 31.9 Å². The van der Waals surface area contributed by atoms with Crippen molar-refractivity contribution in [3.63, 3.8) is 0 Å². The molecule has 0 fully saturated rings. The van der Waals surface area contributed by atoms with Crippen molar-refractivity contribution in [2.75, 3.05) is 0 Å². The molecule has 0 aliphatic carbocycles. The number of nitrogens with two attached hydrogens (primary N) is 1. The maximum Gasteiger partial charge on any atom is 0.203 e. The van der Waals surface area contributed by atoms with Crippen LogP contribution in [0.4, 0.5) is 0 Å². The number of aryl methyl sites for hydroxylation is 2. The second-order valence-electron chi connectivity index (χ2n) is 2.05. The van der Waals surface area contributed by atoms with Crippen molar-refractivity contribution in [2.24, 2.45) is 5.14 Å². The number of hydrogen-bond donors (Lipinski definition) is 1. The molecular weight excluding hydrogens is 146 g/mol. The van der Waals surface area contributed by atoms with Crippen LogP contribution in [0.15, 0.2) is 11.2 Å². The van der Waals surface area contributed by atoms with Gasteiger partial charge in [0.2, 0.25) is 5.16 Å². The summed E-state index contributed by atoms with van der Waals surface area (Å²) >= 11 is 1.07. The molecule has 0 aliphatic rings. The molecule has 2 N–H and O–H groups in total. The van der Waals surface area contributed by atoms with E-state index in [0.29, 0.717) is 5.16 Å². The molecule has 0 atom stereocenters. The standard InChI is InChI=1S/C6H9N3S/c1-4-3-5(2)9-6(8-4)10-7/h3H,7H2,1-2H3. The van der Waals surface area contributed by atoms with Gasteiger partial charge >= 0.3 is 0 Å². The summed E-state index contributed by atoms with van der Waals surface area (Å²) in [5.74, 6) is 0. The van der Waals surface area contributed by atoms with E-state index in [1.807, 2.05) is 19.9 Å². The lowest BCUT2D eigenvalue weighted by atomic mass is 10.4. The van der Waals surface area contributed by atoms with E-state index in [9.17, 15) is 0 Å². The second kappa shape index (κ2) is 2.98. The summed E-state index contributed by atoms with van der Waals surface area (Å²) in [4.78, 5) is 8.16. The Morgan fingerprint density at radius 3 is 2.20 bits per heavy atom. The van der Waals surface area contributed by atoms with E-state index in [-0.39, 0.29) is 0 Å². The quantitative estimate of drug-likeness (QED) is 0.486. The molecular formula is C6H9N3S. The average Bonchev–Trinajstić information content (AvgIpc) is 1.85. The monoisotopic (exact) mass is 155 g/mol. The minimum absolute atomic E-state index is 0.637. The van der Waals surface area contributed by atoms with E-state index in [1.165, 1.54) is 0 Å². The maximum absolute atomic E-state index is 5.28. The fourth-order valence-electron chi connectivity index (χ4n) is 0.746. The highest BCUT2D eigenvalue weighted by molar-refractivity contribution is 7.96. The van der Waals surface area contributed by atoms with E-state index >= 15 is 0 Å². The lowest BCUT2D eigenvalue weighted by Crippen LogP contribution is -1.94. The maximum atomic E-state index is 5.28. The first-order valence-corrected chi connectivity index (χ1v) is 3.79. The lowest BCUT2D eigenvalue weighted by Gasteiger charge is -1.97. The predicted octanol–water partition coefficient (Wildman–Crippen LogP) is 1.06. The third-order valence-electron chi connectivity index (χ3n) is 1.07. The Morgan fingerprint density at radius 2 is 1.80 bits per heavy atom. The normalized spacial score (nSPS) is 9.90. The Kier molecular flexibility index (Phi) is 2.24. The molecule has 0 aliphatic heterocycles.